The van der Waals surface area contributed by atoms with Crippen LogP contribution < -0.4 is 10.6 Å². The zero-order chi connectivity index (χ0) is 14.6. The molecule has 1 aliphatic carbocycles. The minimum Gasteiger partial charge on any atom is -0.374 e. The lowest BCUT2D eigenvalue weighted by molar-refractivity contribution is -0.136. The normalized spacial score (nSPS) is 35.4. The number of carbonyl (C=O) groups excluding carboxylic acids is 2. The number of thiazole rings is 1. The maximum absolute atomic E-state index is 11.8. The van der Waals surface area contributed by atoms with Gasteiger partial charge in [0.25, 0.3) is 0 Å². The Morgan fingerprint density at radius 1 is 1.38 bits per heavy atom. The molecule has 112 valence electrons. The van der Waals surface area contributed by atoms with Crippen LogP contribution in [-0.4, -0.2) is 35.6 Å². The SMILES string of the molecule is Cc1ncc(NC(=O)C(=O)NC[C@@H]2C[C@@H]3O[C@H]2[C@H]2C[C@H]23)s1. The van der Waals surface area contributed by atoms with Crippen molar-refractivity contribution in [3.05, 3.63) is 11.2 Å². The number of anilines is 1. The van der Waals surface area contributed by atoms with Crippen molar-refractivity contribution in [2.24, 2.45) is 17.8 Å². The van der Waals surface area contributed by atoms with Crippen LogP contribution in [0.4, 0.5) is 5.00 Å². The monoisotopic (exact) mass is 307 g/mol. The molecule has 1 aromatic rings. The van der Waals surface area contributed by atoms with Crippen molar-refractivity contribution >= 4 is 28.2 Å². The molecule has 3 heterocycles. The lowest BCUT2D eigenvalue weighted by Crippen LogP contribution is -2.40. The molecule has 0 aromatic carbocycles. The zero-order valence-electron chi connectivity index (χ0n) is 11.7. The van der Waals surface area contributed by atoms with E-state index in [9.17, 15) is 9.59 Å². The first-order valence-electron chi connectivity index (χ1n) is 7.29. The Labute approximate surface area is 126 Å². The molecule has 5 atom stereocenters. The Morgan fingerprint density at radius 2 is 2.24 bits per heavy atom. The number of aromatic nitrogens is 1. The van der Waals surface area contributed by atoms with Gasteiger partial charge in [-0.25, -0.2) is 4.98 Å². The van der Waals surface area contributed by atoms with Crippen LogP contribution in [0.2, 0.25) is 0 Å². The minimum absolute atomic E-state index is 0.299. The van der Waals surface area contributed by atoms with E-state index in [1.165, 1.54) is 17.8 Å². The predicted octanol–water partition coefficient (Wildman–Crippen LogP) is 0.930. The smallest absolute Gasteiger partial charge is 0.314 e. The Bertz CT molecular complexity index is 602. The van der Waals surface area contributed by atoms with Gasteiger partial charge in [-0.3, -0.25) is 9.59 Å². The average molecular weight is 307 g/mol. The van der Waals surface area contributed by atoms with E-state index >= 15 is 0 Å². The van der Waals surface area contributed by atoms with Gasteiger partial charge in [0.15, 0.2) is 0 Å². The van der Waals surface area contributed by atoms with Crippen LogP contribution in [0.3, 0.4) is 0 Å². The Hall–Kier alpha value is -1.47. The lowest BCUT2D eigenvalue weighted by atomic mass is 9.89. The number of nitrogens with one attached hydrogen (secondary N) is 2. The lowest BCUT2D eigenvalue weighted by Gasteiger charge is -2.18. The Morgan fingerprint density at radius 3 is 2.90 bits per heavy atom. The van der Waals surface area contributed by atoms with Crippen molar-refractivity contribution < 1.29 is 14.3 Å². The van der Waals surface area contributed by atoms with Gasteiger partial charge in [0, 0.05) is 12.5 Å². The third kappa shape index (κ3) is 2.34. The molecule has 21 heavy (non-hydrogen) atoms. The van der Waals surface area contributed by atoms with E-state index in [1.54, 1.807) is 6.20 Å². The van der Waals surface area contributed by atoms with Crippen molar-refractivity contribution in [3.8, 4) is 0 Å². The quantitative estimate of drug-likeness (QED) is 0.814. The van der Waals surface area contributed by atoms with Crippen LogP contribution in [0.15, 0.2) is 6.20 Å². The van der Waals surface area contributed by atoms with Crippen LogP contribution in [0.25, 0.3) is 0 Å². The highest BCUT2D eigenvalue weighted by Gasteiger charge is 2.62. The maximum atomic E-state index is 11.8. The summed E-state index contributed by atoms with van der Waals surface area (Å²) in [5.74, 6) is 0.629. The Kier molecular flexibility index (Phi) is 3.00. The van der Waals surface area contributed by atoms with Gasteiger partial charge in [-0.15, -0.1) is 11.3 Å². The summed E-state index contributed by atoms with van der Waals surface area (Å²) in [6.45, 7) is 2.37. The number of amides is 2. The molecule has 2 N–H and O–H groups in total. The van der Waals surface area contributed by atoms with Crippen LogP contribution in [-0.2, 0) is 14.3 Å². The number of hydrogen-bond acceptors (Lipinski definition) is 5. The van der Waals surface area contributed by atoms with Crippen LogP contribution in [0, 0.1) is 24.7 Å². The van der Waals surface area contributed by atoms with Gasteiger partial charge in [-0.1, -0.05) is 0 Å². The van der Waals surface area contributed by atoms with E-state index in [-0.39, 0.29) is 0 Å². The summed E-state index contributed by atoms with van der Waals surface area (Å²) in [7, 11) is 0. The second-order valence-corrected chi connectivity index (χ2v) is 7.34. The molecule has 1 saturated carbocycles. The fourth-order valence-corrected chi connectivity index (χ4v) is 4.33. The van der Waals surface area contributed by atoms with Gasteiger partial charge in [-0.2, -0.15) is 0 Å². The van der Waals surface area contributed by atoms with Crippen LogP contribution in [0.5, 0.6) is 0 Å². The van der Waals surface area contributed by atoms with E-state index in [0.717, 1.165) is 17.3 Å². The molecule has 0 spiro atoms. The molecule has 0 unspecified atom stereocenters. The molecule has 4 rings (SSSR count). The first-order valence-corrected chi connectivity index (χ1v) is 8.10. The van der Waals surface area contributed by atoms with Crippen LogP contribution in [0.1, 0.15) is 17.8 Å². The summed E-state index contributed by atoms with van der Waals surface area (Å²) in [5.41, 5.74) is 0. The number of carbonyl (C=O) groups is 2. The number of hydrogen-bond donors (Lipinski definition) is 2. The van der Waals surface area contributed by atoms with Crippen molar-refractivity contribution in [1.29, 1.82) is 0 Å². The number of nitrogens with zero attached hydrogens (tertiary/aromatic N) is 1. The van der Waals surface area contributed by atoms with Crippen LogP contribution >= 0.6 is 11.3 Å². The van der Waals surface area contributed by atoms with Gasteiger partial charge in [0.05, 0.1) is 23.4 Å². The van der Waals surface area contributed by atoms with E-state index in [0.29, 0.717) is 35.6 Å². The summed E-state index contributed by atoms with van der Waals surface area (Å²) >= 11 is 1.35. The van der Waals surface area contributed by atoms with Crippen molar-refractivity contribution in [2.45, 2.75) is 32.0 Å². The second-order valence-electron chi connectivity index (χ2n) is 6.11. The van der Waals surface area contributed by atoms with Crippen molar-refractivity contribution in [1.82, 2.24) is 10.3 Å². The zero-order valence-corrected chi connectivity index (χ0v) is 12.5. The highest BCUT2D eigenvalue weighted by atomic mass is 32.1. The molecule has 2 saturated heterocycles. The van der Waals surface area contributed by atoms with Gasteiger partial charge in [0.2, 0.25) is 0 Å². The van der Waals surface area contributed by atoms with E-state index in [4.69, 9.17) is 4.74 Å². The van der Waals surface area contributed by atoms with E-state index in [1.807, 2.05) is 6.92 Å². The number of aryl methyl sites for hydroxylation is 1. The number of ether oxygens (including phenoxy) is 1. The Balaban J connectivity index is 1.27. The summed E-state index contributed by atoms with van der Waals surface area (Å²) in [4.78, 5) is 27.6. The second kappa shape index (κ2) is 4.78. The third-order valence-corrected chi connectivity index (χ3v) is 5.54. The van der Waals surface area contributed by atoms with Gasteiger partial charge in [0.1, 0.15) is 5.00 Å². The summed E-state index contributed by atoms with van der Waals surface area (Å²) < 4.78 is 5.88. The summed E-state index contributed by atoms with van der Waals surface area (Å²) in [5, 5.41) is 6.74. The first-order chi connectivity index (χ1) is 10.1. The molecule has 1 aromatic heterocycles. The van der Waals surface area contributed by atoms with Gasteiger partial charge < -0.3 is 15.4 Å². The predicted molar refractivity (Wildman–Crippen MR) is 76.9 cm³/mol. The molecule has 7 heteroatoms. The minimum atomic E-state index is -0.632. The molecule has 2 amide bonds. The molecule has 2 bridgehead atoms. The summed E-state index contributed by atoms with van der Waals surface area (Å²) in [6.07, 6.45) is 4.55. The van der Waals surface area contributed by atoms with Gasteiger partial charge in [-0.05, 0) is 31.6 Å². The molecular formula is C14H17N3O3S. The molecule has 2 aliphatic heterocycles. The molecular weight excluding hydrogens is 290 g/mol. The molecule has 3 fully saturated rings. The third-order valence-electron chi connectivity index (χ3n) is 4.71. The molecule has 0 radical (unpaired) electrons. The number of fused-ring (bicyclic) bond motifs is 5. The summed E-state index contributed by atoms with van der Waals surface area (Å²) in [6, 6.07) is 0. The number of rotatable bonds is 3. The van der Waals surface area contributed by atoms with E-state index < -0.39 is 11.8 Å². The topological polar surface area (TPSA) is 80.3 Å². The highest BCUT2D eigenvalue weighted by Crippen LogP contribution is 2.60. The largest absolute Gasteiger partial charge is 0.374 e. The maximum Gasteiger partial charge on any atom is 0.314 e. The molecule has 6 nitrogen and oxygen atoms in total. The van der Waals surface area contributed by atoms with E-state index in [2.05, 4.69) is 15.6 Å². The standard InChI is InChI=1S/C14H17N3O3S/c1-6-15-5-11(21-6)17-14(19)13(18)16-4-7-2-10-8-3-9(8)12(7)20-10/h5,7-10,12H,2-4H2,1H3,(H,16,18)(H,17,19)/t7-,8+,9-,10-,12+/m0/s1. The average Bonchev–Trinajstić information content (AvgIpc) is 2.83. The van der Waals surface area contributed by atoms with Crippen molar-refractivity contribution in [3.63, 3.8) is 0 Å². The highest BCUT2D eigenvalue weighted by molar-refractivity contribution is 7.15. The van der Waals surface area contributed by atoms with Crippen molar-refractivity contribution in [2.75, 3.05) is 11.9 Å². The van der Waals surface area contributed by atoms with Gasteiger partial charge >= 0.3 is 11.8 Å². The fourth-order valence-electron chi connectivity index (χ4n) is 3.66. The first kappa shape index (κ1) is 13.2. The fraction of sp³-hybridized carbons (Fsp3) is 0.643. The molecule has 3 aliphatic rings.